The minimum absolute atomic E-state index is 0.324. The highest BCUT2D eigenvalue weighted by molar-refractivity contribution is 7.18. The first-order chi connectivity index (χ1) is 10.2. The van der Waals surface area contributed by atoms with E-state index in [4.69, 9.17) is 11.6 Å². The molecule has 3 nitrogen and oxygen atoms in total. The molecule has 0 saturated carbocycles. The monoisotopic (exact) mass is 337 g/mol. The van der Waals surface area contributed by atoms with E-state index in [1.807, 2.05) is 0 Å². The van der Waals surface area contributed by atoms with Crippen LogP contribution in [0.1, 0.15) is 16.7 Å². The first-order valence-corrected chi connectivity index (χ1v) is 8.94. The SMILES string of the molecule is CCc1cc2c(N(C)CCc3cccs3)nc(Cl)nc2s1. The molecule has 0 saturated heterocycles. The molecule has 0 atom stereocenters. The molecule has 0 N–H and O–H groups in total. The Morgan fingerprint density at radius 1 is 1.29 bits per heavy atom. The van der Waals surface area contributed by atoms with Crippen molar-refractivity contribution in [3.63, 3.8) is 0 Å². The van der Waals surface area contributed by atoms with Crippen LogP contribution >= 0.6 is 34.3 Å². The molecule has 0 aliphatic rings. The largest absolute Gasteiger partial charge is 0.359 e. The van der Waals surface area contributed by atoms with Crippen molar-refractivity contribution in [3.05, 3.63) is 38.6 Å². The summed E-state index contributed by atoms with van der Waals surface area (Å²) >= 11 is 9.57. The summed E-state index contributed by atoms with van der Waals surface area (Å²) in [6, 6.07) is 6.44. The van der Waals surface area contributed by atoms with Crippen molar-refractivity contribution in [2.24, 2.45) is 0 Å². The molecular formula is C15H16ClN3S2. The highest BCUT2D eigenvalue weighted by Crippen LogP contribution is 2.32. The van der Waals surface area contributed by atoms with E-state index in [-0.39, 0.29) is 0 Å². The molecule has 3 heterocycles. The smallest absolute Gasteiger partial charge is 0.225 e. The predicted octanol–water partition coefficient (Wildman–Crippen LogP) is 4.65. The van der Waals surface area contributed by atoms with Crippen LogP contribution in [0.3, 0.4) is 0 Å². The summed E-state index contributed by atoms with van der Waals surface area (Å²) in [7, 11) is 2.06. The topological polar surface area (TPSA) is 29.0 Å². The summed E-state index contributed by atoms with van der Waals surface area (Å²) in [5.41, 5.74) is 0. The van der Waals surface area contributed by atoms with Crippen LogP contribution in [0.15, 0.2) is 23.6 Å². The van der Waals surface area contributed by atoms with Crippen LogP contribution in [0.5, 0.6) is 0 Å². The molecule has 3 rings (SSSR count). The van der Waals surface area contributed by atoms with Crippen molar-refractivity contribution >= 4 is 50.3 Å². The number of anilines is 1. The number of aryl methyl sites for hydroxylation is 1. The van der Waals surface area contributed by atoms with Gasteiger partial charge in [0.2, 0.25) is 5.28 Å². The van der Waals surface area contributed by atoms with Gasteiger partial charge in [0.05, 0.1) is 5.39 Å². The van der Waals surface area contributed by atoms with Crippen LogP contribution in [-0.4, -0.2) is 23.6 Å². The third-order valence-electron chi connectivity index (χ3n) is 3.38. The average molecular weight is 338 g/mol. The summed E-state index contributed by atoms with van der Waals surface area (Å²) in [5.74, 6) is 0.928. The molecule has 0 aromatic carbocycles. The highest BCUT2D eigenvalue weighted by atomic mass is 35.5. The molecule has 0 radical (unpaired) electrons. The molecule has 0 fully saturated rings. The van der Waals surface area contributed by atoms with E-state index >= 15 is 0 Å². The van der Waals surface area contributed by atoms with Gasteiger partial charge in [-0.1, -0.05) is 13.0 Å². The van der Waals surface area contributed by atoms with Gasteiger partial charge in [-0.2, -0.15) is 4.98 Å². The number of fused-ring (bicyclic) bond motifs is 1. The number of aromatic nitrogens is 2. The maximum Gasteiger partial charge on any atom is 0.225 e. The van der Waals surface area contributed by atoms with Gasteiger partial charge in [0.1, 0.15) is 10.6 Å². The Bertz CT molecular complexity index is 737. The molecule has 3 aromatic rings. The van der Waals surface area contributed by atoms with E-state index < -0.39 is 0 Å². The van der Waals surface area contributed by atoms with Gasteiger partial charge in [0.25, 0.3) is 0 Å². The van der Waals surface area contributed by atoms with E-state index in [0.717, 1.165) is 35.4 Å². The minimum atomic E-state index is 0.324. The number of likely N-dealkylation sites (N-methyl/N-ethyl adjacent to an activating group) is 1. The zero-order chi connectivity index (χ0) is 14.8. The summed E-state index contributed by atoms with van der Waals surface area (Å²) < 4.78 is 0. The average Bonchev–Trinajstić information content (AvgIpc) is 3.12. The molecule has 0 bridgehead atoms. The normalized spacial score (nSPS) is 11.2. The number of hydrogen-bond donors (Lipinski definition) is 0. The minimum Gasteiger partial charge on any atom is -0.359 e. The fraction of sp³-hybridized carbons (Fsp3) is 0.333. The van der Waals surface area contributed by atoms with Crippen molar-refractivity contribution in [3.8, 4) is 0 Å². The van der Waals surface area contributed by atoms with Gasteiger partial charge in [-0.05, 0) is 42.0 Å². The van der Waals surface area contributed by atoms with Crippen LogP contribution in [-0.2, 0) is 12.8 Å². The van der Waals surface area contributed by atoms with E-state index in [9.17, 15) is 0 Å². The number of thiophene rings is 2. The Morgan fingerprint density at radius 3 is 2.86 bits per heavy atom. The van der Waals surface area contributed by atoms with Gasteiger partial charge in [-0.3, -0.25) is 0 Å². The highest BCUT2D eigenvalue weighted by Gasteiger charge is 2.14. The number of hydrogen-bond acceptors (Lipinski definition) is 5. The van der Waals surface area contributed by atoms with Crippen molar-refractivity contribution in [2.45, 2.75) is 19.8 Å². The quantitative estimate of drug-likeness (QED) is 0.635. The molecule has 21 heavy (non-hydrogen) atoms. The number of nitrogens with zero attached hydrogens (tertiary/aromatic N) is 3. The zero-order valence-electron chi connectivity index (χ0n) is 12.0. The van der Waals surface area contributed by atoms with Crippen LogP contribution in [0.25, 0.3) is 10.2 Å². The number of rotatable bonds is 5. The predicted molar refractivity (Wildman–Crippen MR) is 93.1 cm³/mol. The van der Waals surface area contributed by atoms with E-state index in [1.165, 1.54) is 9.75 Å². The fourth-order valence-electron chi connectivity index (χ4n) is 2.23. The van der Waals surface area contributed by atoms with E-state index in [0.29, 0.717) is 5.28 Å². The number of halogens is 1. The van der Waals surface area contributed by atoms with Gasteiger partial charge >= 0.3 is 0 Å². The molecule has 0 aliphatic heterocycles. The standard InChI is InChI=1S/C15H16ClN3S2/c1-3-10-9-12-13(17-15(16)18-14(12)21-10)19(2)7-6-11-5-4-8-20-11/h4-5,8-9H,3,6-7H2,1-2H3. The summed E-state index contributed by atoms with van der Waals surface area (Å²) in [6.45, 7) is 3.07. The third-order valence-corrected chi connectivity index (χ3v) is 5.66. The molecule has 3 aromatic heterocycles. The van der Waals surface area contributed by atoms with Gasteiger partial charge in [-0.15, -0.1) is 22.7 Å². The first kappa shape index (κ1) is 14.8. The third kappa shape index (κ3) is 3.20. The molecule has 0 unspecified atom stereocenters. The fourth-order valence-corrected chi connectivity index (χ4v) is 4.11. The Labute approximate surface area is 137 Å². The van der Waals surface area contributed by atoms with Crippen LogP contribution in [0, 0.1) is 0 Å². The van der Waals surface area contributed by atoms with Crippen molar-refractivity contribution in [2.75, 3.05) is 18.5 Å². The van der Waals surface area contributed by atoms with E-state index in [2.05, 4.69) is 52.4 Å². The summed E-state index contributed by atoms with van der Waals surface area (Å²) in [4.78, 5) is 14.6. The summed E-state index contributed by atoms with van der Waals surface area (Å²) in [6.07, 6.45) is 2.03. The Balaban J connectivity index is 1.89. The Hall–Kier alpha value is -1.17. The van der Waals surface area contributed by atoms with Gasteiger partial charge in [-0.25, -0.2) is 4.98 Å². The van der Waals surface area contributed by atoms with Gasteiger partial charge < -0.3 is 4.90 Å². The van der Waals surface area contributed by atoms with E-state index in [1.54, 1.807) is 22.7 Å². The first-order valence-electron chi connectivity index (χ1n) is 6.87. The van der Waals surface area contributed by atoms with Crippen molar-refractivity contribution < 1.29 is 0 Å². The maximum absolute atomic E-state index is 6.08. The second-order valence-corrected chi connectivity index (χ2v) is 7.34. The molecular weight excluding hydrogens is 322 g/mol. The Morgan fingerprint density at radius 2 is 2.14 bits per heavy atom. The lowest BCUT2D eigenvalue weighted by Gasteiger charge is -2.18. The lowest BCUT2D eigenvalue weighted by Crippen LogP contribution is -2.21. The van der Waals surface area contributed by atoms with Gasteiger partial charge in [0, 0.05) is 23.3 Å². The van der Waals surface area contributed by atoms with Crippen molar-refractivity contribution in [1.29, 1.82) is 0 Å². The zero-order valence-corrected chi connectivity index (χ0v) is 14.4. The second kappa shape index (κ2) is 6.30. The van der Waals surface area contributed by atoms with Crippen LogP contribution in [0.4, 0.5) is 5.82 Å². The second-order valence-electron chi connectivity index (χ2n) is 4.85. The molecule has 0 spiro atoms. The Kier molecular flexibility index (Phi) is 4.42. The summed E-state index contributed by atoms with van der Waals surface area (Å²) in [5, 5.41) is 3.54. The molecule has 0 amide bonds. The lowest BCUT2D eigenvalue weighted by atomic mass is 10.3. The molecule has 6 heteroatoms. The van der Waals surface area contributed by atoms with Crippen LogP contribution in [0.2, 0.25) is 5.28 Å². The lowest BCUT2D eigenvalue weighted by molar-refractivity contribution is 0.872. The molecule has 0 aliphatic carbocycles. The van der Waals surface area contributed by atoms with Gasteiger partial charge in [0.15, 0.2) is 0 Å². The maximum atomic E-state index is 6.08. The van der Waals surface area contributed by atoms with Crippen molar-refractivity contribution in [1.82, 2.24) is 9.97 Å². The van der Waals surface area contributed by atoms with Crippen LogP contribution < -0.4 is 4.90 Å². The molecule has 110 valence electrons.